The van der Waals surface area contributed by atoms with Gasteiger partial charge in [-0.25, -0.2) is 0 Å². The molecule has 0 fully saturated rings. The molecule has 2 N–H and O–H groups in total. The number of hydrogen-bond donors (Lipinski definition) is 2. The van der Waals surface area contributed by atoms with Crippen LogP contribution in [-0.4, -0.2) is 76.5 Å². The normalized spacial score (nSPS) is 17.9. The van der Waals surface area contributed by atoms with Crippen LogP contribution in [0.4, 0.5) is 0 Å². The molecule has 266 valence electrons. The summed E-state index contributed by atoms with van der Waals surface area (Å²) in [5.41, 5.74) is 7.28. The van der Waals surface area contributed by atoms with Gasteiger partial charge in [-0.2, -0.15) is 0 Å². The van der Waals surface area contributed by atoms with Gasteiger partial charge >= 0.3 is 0 Å². The third-order valence-corrected chi connectivity index (χ3v) is 11.7. The molecule has 0 radical (unpaired) electrons. The first-order chi connectivity index (χ1) is 24.2. The van der Waals surface area contributed by atoms with E-state index in [0.29, 0.717) is 36.5 Å². The molecule has 0 spiro atoms. The fourth-order valence-electron chi connectivity index (χ4n) is 6.67. The number of likely N-dealkylation sites (N-methyl/N-ethyl adjacent to an activating group) is 2. The Labute approximate surface area is 324 Å². The number of fused-ring (bicyclic) bond motifs is 2. The Bertz CT molecular complexity index is 1640. The van der Waals surface area contributed by atoms with E-state index in [-0.39, 0.29) is 11.8 Å². The third kappa shape index (κ3) is 10.1. The van der Waals surface area contributed by atoms with Crippen LogP contribution in [-0.2, 0) is 22.6 Å². The standard InChI is InChI=1S/C38H42Cl4N4O2S2/c1-45-21-33(31-17-27(39)19-37(41)35(31)23-45)25-5-3-7-29(15-25)49-43-9-11-47-13-14-48-12-10-44-50-30-8-4-6-26(16-30)34-22-46(2)24-36-32(34)18-28(40)20-38(36)42/h3-8,15-20,33-34,43-44H,9-14,21-24H2,1-2H3. The van der Waals surface area contributed by atoms with Crippen LogP contribution in [0.15, 0.2) is 82.6 Å². The van der Waals surface area contributed by atoms with Crippen molar-refractivity contribution in [3.05, 3.63) is 126 Å². The number of nitrogens with one attached hydrogen (secondary N) is 2. The van der Waals surface area contributed by atoms with E-state index in [2.05, 4.69) is 94.0 Å². The highest BCUT2D eigenvalue weighted by Gasteiger charge is 2.28. The number of benzene rings is 4. The quantitative estimate of drug-likeness (QED) is 0.0914. The van der Waals surface area contributed by atoms with Crippen LogP contribution in [0.5, 0.6) is 0 Å². The molecule has 4 aromatic rings. The first-order valence-electron chi connectivity index (χ1n) is 16.7. The van der Waals surface area contributed by atoms with Crippen molar-refractivity contribution in [2.75, 3.05) is 66.7 Å². The van der Waals surface area contributed by atoms with Gasteiger partial charge < -0.3 is 19.3 Å². The van der Waals surface area contributed by atoms with Crippen molar-refractivity contribution in [1.82, 2.24) is 19.2 Å². The number of nitrogens with zero attached hydrogens (tertiary/aromatic N) is 2. The first kappa shape index (κ1) is 38.2. The Morgan fingerprint density at radius 3 is 1.50 bits per heavy atom. The Morgan fingerprint density at radius 2 is 1.06 bits per heavy atom. The van der Waals surface area contributed by atoms with Gasteiger partial charge in [0.05, 0.1) is 26.4 Å². The smallest absolute Gasteiger partial charge is 0.0701 e. The molecule has 0 aliphatic carbocycles. The predicted octanol–water partition coefficient (Wildman–Crippen LogP) is 9.38. The zero-order valence-electron chi connectivity index (χ0n) is 28.2. The lowest BCUT2D eigenvalue weighted by Crippen LogP contribution is -2.31. The van der Waals surface area contributed by atoms with Crippen molar-refractivity contribution >= 4 is 70.3 Å². The maximum Gasteiger partial charge on any atom is 0.0701 e. The van der Waals surface area contributed by atoms with E-state index >= 15 is 0 Å². The Kier molecular flexibility index (Phi) is 14.1. The lowest BCUT2D eigenvalue weighted by molar-refractivity contribution is 0.0525. The molecule has 50 heavy (non-hydrogen) atoms. The molecule has 2 heterocycles. The van der Waals surface area contributed by atoms with Crippen LogP contribution in [0.2, 0.25) is 20.1 Å². The van der Waals surface area contributed by atoms with Crippen molar-refractivity contribution in [1.29, 1.82) is 0 Å². The minimum Gasteiger partial charge on any atom is -0.378 e. The largest absolute Gasteiger partial charge is 0.378 e. The van der Waals surface area contributed by atoms with E-state index in [9.17, 15) is 0 Å². The number of halogens is 4. The Balaban J connectivity index is 0.856. The van der Waals surface area contributed by atoms with Crippen molar-refractivity contribution in [3.63, 3.8) is 0 Å². The average molecular weight is 793 g/mol. The summed E-state index contributed by atoms with van der Waals surface area (Å²) in [5, 5.41) is 2.84. The van der Waals surface area contributed by atoms with E-state index in [0.717, 1.165) is 70.2 Å². The molecule has 4 aromatic carbocycles. The molecule has 0 amide bonds. The number of hydrogen-bond acceptors (Lipinski definition) is 8. The summed E-state index contributed by atoms with van der Waals surface area (Å²) < 4.78 is 18.4. The maximum absolute atomic E-state index is 6.57. The van der Waals surface area contributed by atoms with Crippen LogP contribution in [0.3, 0.4) is 0 Å². The van der Waals surface area contributed by atoms with Gasteiger partial charge in [0.1, 0.15) is 0 Å². The highest BCUT2D eigenvalue weighted by atomic mass is 35.5. The predicted molar refractivity (Wildman–Crippen MR) is 212 cm³/mol. The van der Waals surface area contributed by atoms with Gasteiger partial charge in [-0.1, -0.05) is 70.7 Å². The molecule has 2 aliphatic heterocycles. The lowest BCUT2D eigenvalue weighted by atomic mass is 9.85. The van der Waals surface area contributed by atoms with E-state index in [4.69, 9.17) is 55.9 Å². The van der Waals surface area contributed by atoms with Gasteiger partial charge in [-0.15, -0.1) is 0 Å². The molecule has 2 aliphatic rings. The average Bonchev–Trinajstić information content (AvgIpc) is 3.09. The molecule has 6 rings (SSSR count). The van der Waals surface area contributed by atoms with Crippen molar-refractivity contribution in [2.24, 2.45) is 0 Å². The van der Waals surface area contributed by atoms with Crippen molar-refractivity contribution in [2.45, 2.75) is 34.7 Å². The number of rotatable bonds is 15. The van der Waals surface area contributed by atoms with Gasteiger partial charge in [0.25, 0.3) is 0 Å². The summed E-state index contributed by atoms with van der Waals surface area (Å²) in [6.07, 6.45) is 0. The van der Waals surface area contributed by atoms with Crippen LogP contribution < -0.4 is 9.44 Å². The van der Waals surface area contributed by atoms with Gasteiger partial charge in [-0.3, -0.25) is 9.44 Å². The summed E-state index contributed by atoms with van der Waals surface area (Å²) in [4.78, 5) is 6.94. The van der Waals surface area contributed by atoms with Gasteiger partial charge in [0, 0.05) is 81.0 Å². The van der Waals surface area contributed by atoms with E-state index < -0.39 is 0 Å². The summed E-state index contributed by atoms with van der Waals surface area (Å²) >= 11 is 29.1. The van der Waals surface area contributed by atoms with E-state index in [1.165, 1.54) is 22.3 Å². The minimum atomic E-state index is 0.220. The fourth-order valence-corrected chi connectivity index (χ4v) is 9.19. The molecule has 0 aromatic heterocycles. The fraction of sp³-hybridized carbons (Fsp3) is 0.368. The minimum absolute atomic E-state index is 0.220. The van der Waals surface area contributed by atoms with Gasteiger partial charge in [-0.05, 0) is 120 Å². The molecular formula is C38H42Cl4N4O2S2. The molecule has 0 saturated carbocycles. The third-order valence-electron chi connectivity index (χ3n) is 8.95. The second-order valence-electron chi connectivity index (χ2n) is 12.8. The van der Waals surface area contributed by atoms with E-state index in [1.807, 2.05) is 12.1 Å². The van der Waals surface area contributed by atoms with Crippen molar-refractivity contribution in [3.8, 4) is 0 Å². The highest BCUT2D eigenvalue weighted by Crippen LogP contribution is 2.40. The number of ether oxygens (including phenoxy) is 2. The molecule has 6 nitrogen and oxygen atoms in total. The van der Waals surface area contributed by atoms with Crippen LogP contribution >= 0.6 is 70.3 Å². The Morgan fingerprint density at radius 1 is 0.620 bits per heavy atom. The SMILES string of the molecule is CN1Cc2c(Cl)cc(Cl)cc2C(c2cccc(SNCCOCCOCCNSc3cccc(C4CN(C)Cc5c(Cl)cc(Cl)cc54)c3)c2)C1. The molecule has 0 bridgehead atoms. The second-order valence-corrected chi connectivity index (χ2v) is 16.4. The van der Waals surface area contributed by atoms with Crippen molar-refractivity contribution < 1.29 is 9.47 Å². The van der Waals surface area contributed by atoms with E-state index in [1.54, 1.807) is 23.9 Å². The summed E-state index contributed by atoms with van der Waals surface area (Å²) in [5.74, 6) is 0.439. The maximum atomic E-state index is 6.57. The topological polar surface area (TPSA) is 49.0 Å². The molecular weight excluding hydrogens is 750 g/mol. The summed E-state index contributed by atoms with van der Waals surface area (Å²) in [6, 6.07) is 25.2. The van der Waals surface area contributed by atoms with Crippen LogP contribution in [0, 0.1) is 0 Å². The second kappa shape index (κ2) is 18.5. The molecule has 12 heteroatoms. The zero-order chi connectivity index (χ0) is 35.0. The first-order valence-corrected chi connectivity index (χ1v) is 19.9. The van der Waals surface area contributed by atoms with Gasteiger partial charge in [0.2, 0.25) is 0 Å². The van der Waals surface area contributed by atoms with Crippen LogP contribution in [0.25, 0.3) is 0 Å². The van der Waals surface area contributed by atoms with Gasteiger partial charge in [0.15, 0.2) is 0 Å². The monoisotopic (exact) mass is 790 g/mol. The zero-order valence-corrected chi connectivity index (χ0v) is 32.8. The van der Waals surface area contributed by atoms with Crippen LogP contribution in [0.1, 0.15) is 45.2 Å². The lowest BCUT2D eigenvalue weighted by Gasteiger charge is -2.33. The highest BCUT2D eigenvalue weighted by molar-refractivity contribution is 7.97. The summed E-state index contributed by atoms with van der Waals surface area (Å²) in [6.45, 7) is 7.30. The molecule has 2 atom stereocenters. The summed E-state index contributed by atoms with van der Waals surface area (Å²) in [7, 11) is 4.27. The molecule has 2 unspecified atom stereocenters. The molecule has 0 saturated heterocycles. The Hall–Kier alpha value is -1.50.